The smallest absolute Gasteiger partial charge is 0.338 e. The van der Waals surface area contributed by atoms with Crippen LogP contribution in [-0.2, 0) is 0 Å². The van der Waals surface area contributed by atoms with Crippen LogP contribution in [0.4, 0.5) is 0 Å². The largest absolute Gasteiger partial charge is 0.478 e. The van der Waals surface area contributed by atoms with Gasteiger partial charge in [0.2, 0.25) is 0 Å². The van der Waals surface area contributed by atoms with Crippen molar-refractivity contribution in [3.05, 3.63) is 76.0 Å². The number of aromatic carboxylic acids is 1. The van der Waals surface area contributed by atoms with Crippen LogP contribution in [0.15, 0.2) is 59.2 Å². The number of aryl methyl sites for hydroxylation is 1. The van der Waals surface area contributed by atoms with Crippen LogP contribution in [0.25, 0.3) is 16.8 Å². The second kappa shape index (κ2) is 6.05. The summed E-state index contributed by atoms with van der Waals surface area (Å²) >= 11 is 3.42. The maximum Gasteiger partial charge on any atom is 0.338 e. The van der Waals surface area contributed by atoms with E-state index in [1.54, 1.807) is 0 Å². The molecule has 0 atom stereocenters. The predicted molar refractivity (Wildman–Crippen MR) is 95.3 cm³/mol. The standard InChI is InChI=1S/C19H16BrNO2/c1-12-3-5-14(6-4-12)17-11-21(13(2)18(17)19(22)23)16-9-7-15(20)8-10-16/h3-11H,1-2H3,(H,22,23). The van der Waals surface area contributed by atoms with Gasteiger partial charge in [0.1, 0.15) is 0 Å². The van der Waals surface area contributed by atoms with Gasteiger partial charge in [-0.1, -0.05) is 45.8 Å². The summed E-state index contributed by atoms with van der Waals surface area (Å²) in [5, 5.41) is 9.65. The third kappa shape index (κ3) is 2.94. The molecule has 1 heterocycles. The van der Waals surface area contributed by atoms with Crippen molar-refractivity contribution in [2.24, 2.45) is 0 Å². The van der Waals surface area contributed by atoms with Gasteiger partial charge in [0, 0.05) is 27.6 Å². The van der Waals surface area contributed by atoms with E-state index in [9.17, 15) is 9.90 Å². The summed E-state index contributed by atoms with van der Waals surface area (Å²) in [5.74, 6) is -0.908. The molecule has 1 N–H and O–H groups in total. The zero-order valence-electron chi connectivity index (χ0n) is 12.9. The molecule has 0 spiro atoms. The van der Waals surface area contributed by atoms with Crippen LogP contribution < -0.4 is 0 Å². The number of aromatic nitrogens is 1. The molecule has 1 aromatic heterocycles. The van der Waals surface area contributed by atoms with Gasteiger partial charge in [-0.2, -0.15) is 0 Å². The Bertz CT molecular complexity index is 862. The first kappa shape index (κ1) is 15.6. The monoisotopic (exact) mass is 369 g/mol. The third-order valence-electron chi connectivity index (χ3n) is 3.93. The molecule has 2 aromatic carbocycles. The molecular formula is C19H16BrNO2. The second-order valence-corrected chi connectivity index (χ2v) is 6.44. The number of nitrogens with zero attached hydrogens (tertiary/aromatic N) is 1. The third-order valence-corrected chi connectivity index (χ3v) is 4.46. The summed E-state index contributed by atoms with van der Waals surface area (Å²) in [5.41, 5.74) is 4.79. The summed E-state index contributed by atoms with van der Waals surface area (Å²) in [7, 11) is 0. The number of benzene rings is 2. The van der Waals surface area contributed by atoms with Crippen LogP contribution in [-0.4, -0.2) is 15.6 Å². The second-order valence-electron chi connectivity index (χ2n) is 5.52. The molecule has 116 valence electrons. The van der Waals surface area contributed by atoms with Crippen LogP contribution in [0.1, 0.15) is 21.6 Å². The Morgan fingerprint density at radius 2 is 1.61 bits per heavy atom. The molecule has 4 heteroatoms. The molecule has 3 rings (SSSR count). The van der Waals surface area contributed by atoms with E-state index in [-0.39, 0.29) is 0 Å². The highest BCUT2D eigenvalue weighted by Crippen LogP contribution is 2.30. The lowest BCUT2D eigenvalue weighted by molar-refractivity contribution is 0.0697. The van der Waals surface area contributed by atoms with Gasteiger partial charge in [-0.15, -0.1) is 0 Å². The van der Waals surface area contributed by atoms with E-state index >= 15 is 0 Å². The number of hydrogen-bond acceptors (Lipinski definition) is 1. The fraction of sp³-hybridized carbons (Fsp3) is 0.105. The van der Waals surface area contributed by atoms with Crippen molar-refractivity contribution >= 4 is 21.9 Å². The van der Waals surface area contributed by atoms with E-state index in [1.807, 2.05) is 73.1 Å². The number of hydrogen-bond donors (Lipinski definition) is 1. The molecule has 0 saturated heterocycles. The highest BCUT2D eigenvalue weighted by molar-refractivity contribution is 9.10. The van der Waals surface area contributed by atoms with Gasteiger partial charge in [0.15, 0.2) is 0 Å². The van der Waals surface area contributed by atoms with E-state index in [0.717, 1.165) is 32.5 Å². The van der Waals surface area contributed by atoms with Crippen molar-refractivity contribution < 1.29 is 9.90 Å². The Morgan fingerprint density at radius 3 is 2.17 bits per heavy atom. The molecule has 3 aromatic rings. The maximum absolute atomic E-state index is 11.8. The lowest BCUT2D eigenvalue weighted by Crippen LogP contribution is -2.02. The Hall–Kier alpha value is -2.33. The molecule has 0 radical (unpaired) electrons. The van der Waals surface area contributed by atoms with E-state index in [4.69, 9.17) is 0 Å². The molecule has 0 aliphatic heterocycles. The first-order valence-corrected chi connectivity index (χ1v) is 8.05. The molecule has 3 nitrogen and oxygen atoms in total. The molecule has 0 unspecified atom stereocenters. The van der Waals surface area contributed by atoms with Gasteiger partial charge in [0.05, 0.1) is 5.56 Å². The minimum absolute atomic E-state index is 0.344. The molecule has 0 saturated carbocycles. The highest BCUT2D eigenvalue weighted by atomic mass is 79.9. The Balaban J connectivity index is 2.20. The summed E-state index contributed by atoms with van der Waals surface area (Å²) in [6.07, 6.45) is 1.90. The van der Waals surface area contributed by atoms with Crippen molar-refractivity contribution in [3.63, 3.8) is 0 Å². The molecular weight excluding hydrogens is 354 g/mol. The first-order chi connectivity index (χ1) is 11.0. The Labute approximate surface area is 143 Å². The zero-order valence-corrected chi connectivity index (χ0v) is 14.5. The molecule has 0 aliphatic carbocycles. The highest BCUT2D eigenvalue weighted by Gasteiger charge is 2.20. The molecule has 23 heavy (non-hydrogen) atoms. The van der Waals surface area contributed by atoms with E-state index < -0.39 is 5.97 Å². The zero-order chi connectivity index (χ0) is 16.6. The van der Waals surface area contributed by atoms with E-state index in [1.165, 1.54) is 0 Å². The van der Waals surface area contributed by atoms with Gasteiger partial charge in [0.25, 0.3) is 0 Å². The number of carboxylic acid groups (broad SMARTS) is 1. The normalized spacial score (nSPS) is 10.7. The van der Waals surface area contributed by atoms with Crippen LogP contribution in [0.3, 0.4) is 0 Å². The van der Waals surface area contributed by atoms with Crippen LogP contribution >= 0.6 is 15.9 Å². The van der Waals surface area contributed by atoms with E-state index in [2.05, 4.69) is 15.9 Å². The quantitative estimate of drug-likeness (QED) is 0.687. The average Bonchev–Trinajstić information content (AvgIpc) is 2.86. The minimum atomic E-state index is -0.908. The van der Waals surface area contributed by atoms with Crippen LogP contribution in [0.2, 0.25) is 0 Å². The van der Waals surface area contributed by atoms with Crippen molar-refractivity contribution in [2.75, 3.05) is 0 Å². The minimum Gasteiger partial charge on any atom is -0.478 e. The van der Waals surface area contributed by atoms with Gasteiger partial charge >= 0.3 is 5.97 Å². The fourth-order valence-electron chi connectivity index (χ4n) is 2.70. The average molecular weight is 370 g/mol. The number of carboxylic acids is 1. The lowest BCUT2D eigenvalue weighted by atomic mass is 10.0. The van der Waals surface area contributed by atoms with Crippen molar-refractivity contribution in [1.82, 2.24) is 4.57 Å². The van der Waals surface area contributed by atoms with Crippen LogP contribution in [0.5, 0.6) is 0 Å². The van der Waals surface area contributed by atoms with Crippen molar-refractivity contribution in [2.45, 2.75) is 13.8 Å². The molecule has 0 aliphatic rings. The molecule has 0 fully saturated rings. The molecule has 0 amide bonds. The topological polar surface area (TPSA) is 42.2 Å². The summed E-state index contributed by atoms with van der Waals surface area (Å²) in [6, 6.07) is 15.7. The Kier molecular flexibility index (Phi) is 4.09. The van der Waals surface area contributed by atoms with E-state index in [0.29, 0.717) is 5.56 Å². The Morgan fingerprint density at radius 1 is 1.00 bits per heavy atom. The lowest BCUT2D eigenvalue weighted by Gasteiger charge is -2.06. The SMILES string of the molecule is Cc1ccc(-c2cn(-c3ccc(Br)cc3)c(C)c2C(=O)O)cc1. The number of rotatable bonds is 3. The van der Waals surface area contributed by atoms with Gasteiger partial charge in [-0.05, 0) is 43.7 Å². The maximum atomic E-state index is 11.8. The van der Waals surface area contributed by atoms with Gasteiger partial charge in [-0.25, -0.2) is 4.79 Å². The summed E-state index contributed by atoms with van der Waals surface area (Å²) in [6.45, 7) is 3.85. The van der Waals surface area contributed by atoms with Crippen molar-refractivity contribution in [3.8, 4) is 16.8 Å². The van der Waals surface area contributed by atoms with Gasteiger partial charge in [-0.3, -0.25) is 0 Å². The predicted octanol–water partition coefficient (Wildman–Crippen LogP) is 5.22. The van der Waals surface area contributed by atoms with Crippen LogP contribution in [0, 0.1) is 13.8 Å². The van der Waals surface area contributed by atoms with Crippen molar-refractivity contribution in [1.29, 1.82) is 0 Å². The summed E-state index contributed by atoms with van der Waals surface area (Å²) < 4.78 is 2.91. The first-order valence-electron chi connectivity index (χ1n) is 7.25. The molecule has 0 bridgehead atoms. The number of carbonyl (C=O) groups is 1. The number of halogens is 1. The summed E-state index contributed by atoms with van der Waals surface area (Å²) in [4.78, 5) is 11.8. The van der Waals surface area contributed by atoms with Gasteiger partial charge < -0.3 is 9.67 Å². The fourth-order valence-corrected chi connectivity index (χ4v) is 2.96.